The Bertz CT molecular complexity index is 535. The molecule has 1 aliphatic carbocycles. The predicted octanol–water partition coefficient (Wildman–Crippen LogP) is 3.78. The van der Waals surface area contributed by atoms with Crippen LogP contribution in [0.3, 0.4) is 0 Å². The summed E-state index contributed by atoms with van der Waals surface area (Å²) in [4.78, 5) is 27.4. The molecule has 0 aliphatic heterocycles. The molecule has 4 nitrogen and oxygen atoms in total. The van der Waals surface area contributed by atoms with Gasteiger partial charge in [-0.15, -0.1) is 0 Å². The van der Waals surface area contributed by atoms with Crippen molar-refractivity contribution in [2.75, 3.05) is 7.11 Å². The Hall–Kier alpha value is -0.910. The second kappa shape index (κ2) is 8.09. The Morgan fingerprint density at radius 2 is 1.82 bits per heavy atom. The fraction of sp³-hybridized carbons (Fsp3) is 0.500. The second-order valence-electron chi connectivity index (χ2n) is 5.52. The van der Waals surface area contributed by atoms with Crippen LogP contribution in [0.25, 0.3) is 0 Å². The number of benzene rings is 1. The van der Waals surface area contributed by atoms with Gasteiger partial charge in [0, 0.05) is 10.4 Å². The number of hydrogen-bond acceptors (Lipinski definition) is 4. The molecule has 22 heavy (non-hydrogen) atoms. The van der Waals surface area contributed by atoms with E-state index in [4.69, 9.17) is 16.5 Å². The maximum absolute atomic E-state index is 12.9. The Morgan fingerprint density at radius 1 is 1.23 bits per heavy atom. The average Bonchev–Trinajstić information content (AvgIpc) is 2.56. The van der Waals surface area contributed by atoms with E-state index in [1.165, 1.54) is 7.11 Å². The first-order valence-electron chi connectivity index (χ1n) is 7.31. The van der Waals surface area contributed by atoms with Crippen molar-refractivity contribution in [1.29, 1.82) is 0 Å². The lowest BCUT2D eigenvalue weighted by Gasteiger charge is -2.30. The highest BCUT2D eigenvalue weighted by Crippen LogP contribution is 2.35. The van der Waals surface area contributed by atoms with Crippen molar-refractivity contribution in [3.63, 3.8) is 0 Å². The highest BCUT2D eigenvalue weighted by atomic mass is 79.9. The van der Waals surface area contributed by atoms with Crippen molar-refractivity contribution in [2.24, 2.45) is 11.8 Å². The maximum Gasteiger partial charge on any atom is 0.309 e. The predicted molar refractivity (Wildman–Crippen MR) is 88.3 cm³/mol. The number of nitrogens with one attached hydrogen (secondary N) is 1. The molecule has 120 valence electrons. The summed E-state index contributed by atoms with van der Waals surface area (Å²) in [5.41, 5.74) is 0.789. The van der Waals surface area contributed by atoms with Gasteiger partial charge < -0.3 is 4.74 Å². The number of esters is 1. The maximum atomic E-state index is 12.9. The van der Waals surface area contributed by atoms with Crippen molar-refractivity contribution < 1.29 is 14.3 Å². The molecule has 0 radical (unpaired) electrons. The minimum Gasteiger partial charge on any atom is -0.469 e. The summed E-state index contributed by atoms with van der Waals surface area (Å²) in [6, 6.07) is 6.80. The van der Waals surface area contributed by atoms with E-state index < -0.39 is 6.04 Å². The fourth-order valence-electron chi connectivity index (χ4n) is 3.06. The Kier molecular flexibility index (Phi) is 6.41. The summed E-state index contributed by atoms with van der Waals surface area (Å²) in [7, 11) is 1.37. The summed E-state index contributed by atoms with van der Waals surface area (Å²) in [5, 5.41) is 0. The van der Waals surface area contributed by atoms with Crippen LogP contribution < -0.4 is 4.84 Å². The van der Waals surface area contributed by atoms with Crippen molar-refractivity contribution >= 4 is 39.5 Å². The number of halogens is 2. The molecular weight excluding hydrogens is 370 g/mol. The normalized spacial score (nSPS) is 22.9. The highest BCUT2D eigenvalue weighted by molar-refractivity contribution is 9.10. The number of carbonyl (C=O) groups excluding carboxylic acids is 2. The summed E-state index contributed by atoms with van der Waals surface area (Å²) in [5.74, 6) is -1.06. The molecule has 2 rings (SSSR count). The molecule has 1 fully saturated rings. The Morgan fingerprint density at radius 3 is 2.36 bits per heavy atom. The van der Waals surface area contributed by atoms with Crippen LogP contribution in [0.4, 0.5) is 0 Å². The van der Waals surface area contributed by atoms with Crippen LogP contribution in [0.2, 0.25) is 0 Å². The van der Waals surface area contributed by atoms with Crippen molar-refractivity contribution in [2.45, 2.75) is 31.7 Å². The van der Waals surface area contributed by atoms with Crippen molar-refractivity contribution in [1.82, 2.24) is 4.84 Å². The topological polar surface area (TPSA) is 55.4 Å². The van der Waals surface area contributed by atoms with Gasteiger partial charge in [0.05, 0.1) is 13.0 Å². The van der Waals surface area contributed by atoms with Crippen LogP contribution in [-0.4, -0.2) is 18.9 Å². The monoisotopic (exact) mass is 387 g/mol. The lowest BCUT2D eigenvalue weighted by Crippen LogP contribution is -2.38. The van der Waals surface area contributed by atoms with Gasteiger partial charge in [0.25, 0.3) is 0 Å². The van der Waals surface area contributed by atoms with Gasteiger partial charge in [-0.1, -0.05) is 40.9 Å². The number of rotatable bonds is 5. The van der Waals surface area contributed by atoms with Crippen LogP contribution >= 0.6 is 27.7 Å². The molecule has 3 atom stereocenters. The molecule has 1 N–H and O–H groups in total. The highest BCUT2D eigenvalue weighted by Gasteiger charge is 2.39. The van der Waals surface area contributed by atoms with E-state index in [2.05, 4.69) is 20.8 Å². The molecule has 1 aromatic rings. The van der Waals surface area contributed by atoms with E-state index >= 15 is 0 Å². The quantitative estimate of drug-likeness (QED) is 0.616. The fourth-order valence-corrected chi connectivity index (χ4v) is 3.55. The van der Waals surface area contributed by atoms with Gasteiger partial charge in [-0.2, -0.15) is 0 Å². The van der Waals surface area contributed by atoms with Gasteiger partial charge in [0.2, 0.25) is 0 Å². The van der Waals surface area contributed by atoms with E-state index in [9.17, 15) is 9.59 Å². The van der Waals surface area contributed by atoms with Gasteiger partial charge in [0.15, 0.2) is 5.78 Å². The molecule has 6 heteroatoms. The molecular formula is C16H19BrClNO3. The largest absolute Gasteiger partial charge is 0.469 e. The smallest absolute Gasteiger partial charge is 0.309 e. The summed E-state index contributed by atoms with van der Waals surface area (Å²) in [6.45, 7) is 0. The van der Waals surface area contributed by atoms with Gasteiger partial charge >= 0.3 is 5.97 Å². The van der Waals surface area contributed by atoms with E-state index in [1.54, 1.807) is 0 Å². The van der Waals surface area contributed by atoms with Crippen molar-refractivity contribution in [3.05, 3.63) is 34.3 Å². The molecule has 1 unspecified atom stereocenters. The number of carbonyl (C=O) groups is 2. The minimum atomic E-state index is -0.620. The van der Waals surface area contributed by atoms with E-state index in [0.29, 0.717) is 12.8 Å². The Balaban J connectivity index is 2.22. The third kappa shape index (κ3) is 3.89. The molecule has 0 amide bonds. The molecule has 1 aromatic carbocycles. The molecule has 0 spiro atoms. The number of ether oxygens (including phenoxy) is 1. The third-order valence-electron chi connectivity index (χ3n) is 4.23. The van der Waals surface area contributed by atoms with Crippen LogP contribution in [0.15, 0.2) is 28.7 Å². The zero-order valence-corrected chi connectivity index (χ0v) is 14.7. The molecule has 0 bridgehead atoms. The van der Waals surface area contributed by atoms with Crippen LogP contribution in [0.5, 0.6) is 0 Å². The van der Waals surface area contributed by atoms with E-state index in [1.807, 2.05) is 24.3 Å². The minimum absolute atomic E-state index is 0.0487. The molecule has 1 saturated carbocycles. The lowest BCUT2D eigenvalue weighted by molar-refractivity contribution is -0.152. The van der Waals surface area contributed by atoms with Crippen molar-refractivity contribution in [3.8, 4) is 0 Å². The number of hydrogen-bond donors (Lipinski definition) is 1. The molecule has 0 heterocycles. The number of ketones is 1. The zero-order valence-electron chi connectivity index (χ0n) is 12.4. The average molecular weight is 389 g/mol. The van der Waals surface area contributed by atoms with Crippen LogP contribution in [0, 0.1) is 11.8 Å². The van der Waals surface area contributed by atoms with Gasteiger partial charge in [-0.25, -0.2) is 4.84 Å². The van der Waals surface area contributed by atoms with Gasteiger partial charge in [0.1, 0.15) is 6.04 Å². The van der Waals surface area contributed by atoms with Crippen LogP contribution in [0.1, 0.15) is 37.3 Å². The summed E-state index contributed by atoms with van der Waals surface area (Å²) < 4.78 is 5.79. The van der Waals surface area contributed by atoms with Gasteiger partial charge in [-0.3, -0.25) is 9.59 Å². The Labute approximate surface area is 143 Å². The second-order valence-corrected chi connectivity index (χ2v) is 6.65. The molecule has 0 saturated heterocycles. The zero-order chi connectivity index (χ0) is 16.1. The third-order valence-corrected chi connectivity index (χ3v) is 4.98. The molecule has 0 aromatic heterocycles. The summed E-state index contributed by atoms with van der Waals surface area (Å²) >= 11 is 9.19. The standard InChI is InChI=1S/C16H19BrClNO3/c1-22-16(21)13-5-3-2-4-12(13)15(20)14(19-18)10-6-8-11(17)9-7-10/h6-9,12-14,19H,2-5H2,1H3/t12-,13-,14?/m1/s1. The number of Topliss-reactive ketones (excluding diaryl/α,β-unsaturated/α-hetero) is 1. The lowest BCUT2D eigenvalue weighted by atomic mass is 9.74. The SMILES string of the molecule is COC(=O)[C@@H]1CCCC[C@H]1C(=O)C(NCl)c1ccc(Br)cc1. The summed E-state index contributed by atoms with van der Waals surface area (Å²) in [6.07, 6.45) is 3.28. The van der Waals surface area contributed by atoms with E-state index in [0.717, 1.165) is 22.9 Å². The number of methoxy groups -OCH3 is 1. The molecule has 1 aliphatic rings. The van der Waals surface area contributed by atoms with Crippen LogP contribution in [-0.2, 0) is 14.3 Å². The first-order valence-corrected chi connectivity index (χ1v) is 8.48. The van der Waals surface area contributed by atoms with Gasteiger partial charge in [-0.05, 0) is 42.3 Å². The first-order chi connectivity index (χ1) is 10.6. The van der Waals surface area contributed by atoms with E-state index in [-0.39, 0.29) is 23.6 Å². The first kappa shape index (κ1) is 17.4.